The van der Waals surface area contributed by atoms with Gasteiger partial charge in [-0.2, -0.15) is 0 Å². The molecule has 21 heavy (non-hydrogen) atoms. The van der Waals surface area contributed by atoms with Crippen LogP contribution in [0.3, 0.4) is 0 Å². The maximum Gasteiger partial charge on any atom is 0.126 e. The maximum absolute atomic E-state index is 13.4. The standard InChI is InChI=1S/C17H20ClFN2/c1-12-9-14(5-8-16(12)19)17(10-20)21(2)11-13-3-6-15(18)7-4-13/h3-9,17H,10-11,20H2,1-2H3. The minimum absolute atomic E-state index is 0.0555. The van der Waals surface area contributed by atoms with Crippen molar-refractivity contribution in [3.05, 3.63) is 70.0 Å². The van der Waals surface area contributed by atoms with Gasteiger partial charge in [0.25, 0.3) is 0 Å². The van der Waals surface area contributed by atoms with Gasteiger partial charge >= 0.3 is 0 Å². The Labute approximate surface area is 130 Å². The average molecular weight is 307 g/mol. The van der Waals surface area contributed by atoms with Crippen molar-refractivity contribution in [3.8, 4) is 0 Å². The summed E-state index contributed by atoms with van der Waals surface area (Å²) in [5, 5.41) is 0.728. The molecule has 2 aromatic carbocycles. The van der Waals surface area contributed by atoms with Gasteiger partial charge in [0.05, 0.1) is 0 Å². The first-order valence-electron chi connectivity index (χ1n) is 6.92. The SMILES string of the molecule is Cc1cc(C(CN)N(C)Cc2ccc(Cl)cc2)ccc1F. The normalized spacial score (nSPS) is 12.7. The zero-order valence-corrected chi connectivity index (χ0v) is 13.1. The fraction of sp³-hybridized carbons (Fsp3) is 0.294. The predicted octanol–water partition coefficient (Wildman–Crippen LogP) is 3.92. The molecule has 2 nitrogen and oxygen atoms in total. The van der Waals surface area contributed by atoms with Crippen molar-refractivity contribution in [1.29, 1.82) is 0 Å². The zero-order chi connectivity index (χ0) is 15.4. The first-order valence-corrected chi connectivity index (χ1v) is 7.30. The van der Waals surface area contributed by atoms with E-state index >= 15 is 0 Å². The van der Waals surface area contributed by atoms with E-state index in [0.29, 0.717) is 12.1 Å². The van der Waals surface area contributed by atoms with Gasteiger partial charge in [-0.25, -0.2) is 4.39 Å². The molecule has 0 bridgehead atoms. The van der Waals surface area contributed by atoms with Gasteiger partial charge in [-0.15, -0.1) is 0 Å². The Bertz CT molecular complexity index is 598. The zero-order valence-electron chi connectivity index (χ0n) is 12.3. The van der Waals surface area contributed by atoms with Crippen molar-refractivity contribution < 1.29 is 4.39 Å². The molecule has 2 N–H and O–H groups in total. The first kappa shape index (κ1) is 16.0. The predicted molar refractivity (Wildman–Crippen MR) is 85.9 cm³/mol. The summed E-state index contributed by atoms with van der Waals surface area (Å²) in [7, 11) is 2.02. The second-order valence-corrected chi connectivity index (χ2v) is 5.74. The summed E-state index contributed by atoms with van der Waals surface area (Å²) in [5.74, 6) is -0.185. The summed E-state index contributed by atoms with van der Waals surface area (Å²) in [5.41, 5.74) is 8.76. The van der Waals surface area contributed by atoms with Crippen LogP contribution in [-0.2, 0) is 6.54 Å². The highest BCUT2D eigenvalue weighted by Crippen LogP contribution is 2.23. The van der Waals surface area contributed by atoms with Gasteiger partial charge in [0.2, 0.25) is 0 Å². The molecule has 0 radical (unpaired) electrons. The summed E-state index contributed by atoms with van der Waals surface area (Å²) >= 11 is 5.90. The highest BCUT2D eigenvalue weighted by Gasteiger charge is 2.16. The van der Waals surface area contributed by atoms with E-state index in [1.807, 2.05) is 37.4 Å². The fourth-order valence-electron chi connectivity index (χ4n) is 2.43. The van der Waals surface area contributed by atoms with E-state index in [0.717, 1.165) is 17.1 Å². The van der Waals surface area contributed by atoms with Crippen molar-refractivity contribution >= 4 is 11.6 Å². The number of aryl methyl sites for hydroxylation is 1. The highest BCUT2D eigenvalue weighted by atomic mass is 35.5. The van der Waals surface area contributed by atoms with Crippen LogP contribution in [0.4, 0.5) is 4.39 Å². The molecule has 1 atom stereocenters. The molecule has 2 aromatic rings. The van der Waals surface area contributed by atoms with Gasteiger partial charge in [-0.05, 0) is 48.9 Å². The van der Waals surface area contributed by atoms with Crippen LogP contribution < -0.4 is 5.73 Å². The van der Waals surface area contributed by atoms with E-state index in [9.17, 15) is 4.39 Å². The van der Waals surface area contributed by atoms with Crippen LogP contribution >= 0.6 is 11.6 Å². The molecule has 2 rings (SSSR count). The van der Waals surface area contributed by atoms with Crippen molar-refractivity contribution in [1.82, 2.24) is 4.90 Å². The molecule has 0 aliphatic rings. The lowest BCUT2D eigenvalue weighted by Gasteiger charge is -2.27. The largest absolute Gasteiger partial charge is 0.329 e. The number of nitrogens with zero attached hydrogens (tertiary/aromatic N) is 1. The smallest absolute Gasteiger partial charge is 0.126 e. The molecular weight excluding hydrogens is 287 g/mol. The number of likely N-dealkylation sites (N-methyl/N-ethyl adjacent to an activating group) is 1. The Morgan fingerprint density at radius 1 is 1.19 bits per heavy atom. The van der Waals surface area contributed by atoms with Gasteiger partial charge < -0.3 is 5.73 Å². The lowest BCUT2D eigenvalue weighted by atomic mass is 10.0. The quantitative estimate of drug-likeness (QED) is 0.907. The summed E-state index contributed by atoms with van der Waals surface area (Å²) in [6.45, 7) is 3.01. The molecule has 0 amide bonds. The molecule has 1 unspecified atom stereocenters. The Morgan fingerprint density at radius 2 is 1.86 bits per heavy atom. The van der Waals surface area contributed by atoms with Crippen LogP contribution in [0.5, 0.6) is 0 Å². The Hall–Kier alpha value is -1.42. The van der Waals surface area contributed by atoms with Crippen molar-refractivity contribution in [3.63, 3.8) is 0 Å². The summed E-state index contributed by atoms with van der Waals surface area (Å²) in [6, 6.07) is 13.0. The molecule has 0 saturated carbocycles. The van der Waals surface area contributed by atoms with Crippen molar-refractivity contribution in [2.45, 2.75) is 19.5 Å². The molecule has 0 aromatic heterocycles. The van der Waals surface area contributed by atoms with E-state index in [1.165, 1.54) is 11.6 Å². The molecule has 0 aliphatic carbocycles. The van der Waals surface area contributed by atoms with Crippen LogP contribution in [0.1, 0.15) is 22.7 Å². The number of nitrogens with two attached hydrogens (primary N) is 1. The van der Waals surface area contributed by atoms with E-state index < -0.39 is 0 Å². The van der Waals surface area contributed by atoms with Crippen LogP contribution in [-0.4, -0.2) is 18.5 Å². The minimum Gasteiger partial charge on any atom is -0.329 e. The number of rotatable bonds is 5. The summed E-state index contributed by atoms with van der Waals surface area (Å²) < 4.78 is 13.4. The second-order valence-electron chi connectivity index (χ2n) is 5.30. The minimum atomic E-state index is -0.185. The molecular formula is C17H20ClFN2. The third-order valence-electron chi connectivity index (χ3n) is 3.67. The fourth-order valence-corrected chi connectivity index (χ4v) is 2.56. The van der Waals surface area contributed by atoms with Gasteiger partial charge in [-0.1, -0.05) is 35.9 Å². The number of halogens is 2. The van der Waals surface area contributed by atoms with E-state index in [4.69, 9.17) is 17.3 Å². The summed E-state index contributed by atoms with van der Waals surface area (Å²) in [6.07, 6.45) is 0. The van der Waals surface area contributed by atoms with E-state index in [2.05, 4.69) is 4.90 Å². The van der Waals surface area contributed by atoms with Crippen LogP contribution in [0.25, 0.3) is 0 Å². The molecule has 0 saturated heterocycles. The van der Waals surface area contributed by atoms with Gasteiger partial charge in [0, 0.05) is 24.2 Å². The topological polar surface area (TPSA) is 29.3 Å². The van der Waals surface area contributed by atoms with Gasteiger partial charge in [0.15, 0.2) is 0 Å². The van der Waals surface area contributed by atoms with E-state index in [-0.39, 0.29) is 11.9 Å². The van der Waals surface area contributed by atoms with Crippen molar-refractivity contribution in [2.24, 2.45) is 5.73 Å². The monoisotopic (exact) mass is 306 g/mol. The summed E-state index contributed by atoms with van der Waals surface area (Å²) in [4.78, 5) is 2.16. The third kappa shape index (κ3) is 4.03. The van der Waals surface area contributed by atoms with Crippen LogP contribution in [0, 0.1) is 12.7 Å². The Balaban J connectivity index is 2.15. The number of hydrogen-bond donors (Lipinski definition) is 1. The molecule has 0 fully saturated rings. The molecule has 0 spiro atoms. The van der Waals surface area contributed by atoms with E-state index in [1.54, 1.807) is 13.0 Å². The maximum atomic E-state index is 13.4. The molecule has 0 aliphatic heterocycles. The Kier molecular flexibility index (Phi) is 5.34. The molecule has 0 heterocycles. The second kappa shape index (κ2) is 7.03. The number of benzene rings is 2. The molecule has 4 heteroatoms. The highest BCUT2D eigenvalue weighted by molar-refractivity contribution is 6.30. The lowest BCUT2D eigenvalue weighted by molar-refractivity contribution is 0.241. The third-order valence-corrected chi connectivity index (χ3v) is 3.92. The van der Waals surface area contributed by atoms with Crippen LogP contribution in [0.2, 0.25) is 5.02 Å². The lowest BCUT2D eigenvalue weighted by Crippen LogP contribution is -2.30. The Morgan fingerprint density at radius 3 is 2.43 bits per heavy atom. The van der Waals surface area contributed by atoms with Crippen LogP contribution in [0.15, 0.2) is 42.5 Å². The molecule has 112 valence electrons. The van der Waals surface area contributed by atoms with Gasteiger partial charge in [0.1, 0.15) is 5.82 Å². The average Bonchev–Trinajstić information content (AvgIpc) is 2.46. The first-order chi connectivity index (χ1) is 10.0. The van der Waals surface area contributed by atoms with Gasteiger partial charge in [-0.3, -0.25) is 4.90 Å². The number of hydrogen-bond acceptors (Lipinski definition) is 2. The van der Waals surface area contributed by atoms with Crippen molar-refractivity contribution in [2.75, 3.05) is 13.6 Å².